The van der Waals surface area contributed by atoms with Crippen molar-refractivity contribution >= 4 is 61.7 Å². The molecule has 4 rings (SSSR count). The monoisotopic (exact) mass is 510 g/mol. The molecule has 4 aromatic rings. The summed E-state index contributed by atoms with van der Waals surface area (Å²) in [6, 6.07) is 7.64. The normalized spacial score (nSPS) is 11.6. The molecule has 0 unspecified atom stereocenters. The lowest BCUT2D eigenvalue weighted by Crippen LogP contribution is -2.14. The molecule has 0 radical (unpaired) electrons. The van der Waals surface area contributed by atoms with E-state index in [1.54, 1.807) is 0 Å². The number of hydrogen-bond donors (Lipinski definition) is 3. The molecule has 0 bridgehead atoms. The molecule has 0 aliphatic carbocycles. The van der Waals surface area contributed by atoms with Crippen LogP contribution < -0.4 is 10.5 Å². The van der Waals surface area contributed by atoms with Gasteiger partial charge in [0.2, 0.25) is 0 Å². The lowest BCUT2D eigenvalue weighted by molar-refractivity contribution is -0.137. The third-order valence-corrected chi connectivity index (χ3v) is 6.87. The Balaban J connectivity index is 1.75. The molecular formula is C19H13Cl2FN6O4S. The zero-order valence-electron chi connectivity index (χ0n) is 16.3. The van der Waals surface area contributed by atoms with Crippen LogP contribution in [0.25, 0.3) is 22.3 Å². The highest BCUT2D eigenvalue weighted by atomic mass is 35.5. The van der Waals surface area contributed by atoms with Crippen molar-refractivity contribution in [1.82, 2.24) is 19.7 Å². The summed E-state index contributed by atoms with van der Waals surface area (Å²) in [7, 11) is -4.25. The number of nitrogens with one attached hydrogen (secondary N) is 1. The third kappa shape index (κ3) is 4.27. The van der Waals surface area contributed by atoms with E-state index in [9.17, 15) is 17.6 Å². The van der Waals surface area contributed by atoms with Crippen LogP contribution in [0.5, 0.6) is 0 Å². The van der Waals surface area contributed by atoms with E-state index < -0.39 is 28.4 Å². The molecule has 0 aliphatic rings. The minimum Gasteiger partial charge on any atom is -0.480 e. The maximum Gasteiger partial charge on any atom is 0.325 e. The van der Waals surface area contributed by atoms with Crippen LogP contribution in [-0.2, 0) is 21.4 Å². The van der Waals surface area contributed by atoms with Crippen molar-refractivity contribution in [3.05, 3.63) is 58.6 Å². The van der Waals surface area contributed by atoms with Gasteiger partial charge in [-0.1, -0.05) is 35.3 Å². The summed E-state index contributed by atoms with van der Waals surface area (Å²) >= 11 is 11.8. The van der Waals surface area contributed by atoms with Crippen LogP contribution in [0.3, 0.4) is 0 Å². The number of carboxylic acids is 1. The van der Waals surface area contributed by atoms with Gasteiger partial charge in [-0.15, -0.1) is 0 Å². The fraction of sp³-hybridized carbons (Fsp3) is 0.0526. The van der Waals surface area contributed by atoms with Crippen molar-refractivity contribution in [3.63, 3.8) is 0 Å². The molecule has 4 N–H and O–H groups in total. The summed E-state index contributed by atoms with van der Waals surface area (Å²) < 4.78 is 43.5. The van der Waals surface area contributed by atoms with Gasteiger partial charge in [0.1, 0.15) is 35.1 Å². The molecule has 0 amide bonds. The predicted octanol–water partition coefficient (Wildman–Crippen LogP) is 3.41. The first-order valence-electron chi connectivity index (χ1n) is 9.04. The van der Waals surface area contributed by atoms with Crippen molar-refractivity contribution in [3.8, 4) is 11.3 Å². The quantitative estimate of drug-likeness (QED) is 0.356. The molecular weight excluding hydrogens is 498 g/mol. The first kappa shape index (κ1) is 22.7. The Labute approximate surface area is 195 Å². The SMILES string of the molecule is Nc1ncnc2c1c(-c1ccc(NS(=O)(=O)c3cccc(Cl)c3Cl)c(F)c1)nn2CC(=O)O. The second-order valence-corrected chi connectivity index (χ2v) is 9.15. The van der Waals surface area contributed by atoms with Crippen LogP contribution in [0.4, 0.5) is 15.9 Å². The van der Waals surface area contributed by atoms with Gasteiger partial charge in [0.05, 0.1) is 21.1 Å². The summed E-state index contributed by atoms with van der Waals surface area (Å²) in [6.45, 7) is -0.506. The molecule has 2 heterocycles. The molecule has 0 aliphatic heterocycles. The van der Waals surface area contributed by atoms with Crippen LogP contribution in [0.2, 0.25) is 10.0 Å². The van der Waals surface area contributed by atoms with Crippen LogP contribution >= 0.6 is 23.2 Å². The fourth-order valence-electron chi connectivity index (χ4n) is 3.11. The average molecular weight is 511 g/mol. The van der Waals surface area contributed by atoms with E-state index in [1.807, 2.05) is 0 Å². The zero-order chi connectivity index (χ0) is 23.9. The molecule has 14 heteroatoms. The van der Waals surface area contributed by atoms with Crippen molar-refractivity contribution in [2.75, 3.05) is 10.5 Å². The maximum atomic E-state index is 14.9. The molecule has 0 atom stereocenters. The number of aromatic nitrogens is 4. The van der Waals surface area contributed by atoms with Gasteiger partial charge in [-0.25, -0.2) is 27.5 Å². The summed E-state index contributed by atoms with van der Waals surface area (Å²) in [4.78, 5) is 18.7. The summed E-state index contributed by atoms with van der Waals surface area (Å²) in [5, 5.41) is 13.4. The van der Waals surface area contributed by atoms with E-state index in [0.717, 1.165) is 17.1 Å². The maximum absolute atomic E-state index is 14.9. The second-order valence-electron chi connectivity index (χ2n) is 6.71. The Hall–Kier alpha value is -3.48. The van der Waals surface area contributed by atoms with Crippen molar-refractivity contribution in [2.45, 2.75) is 11.4 Å². The van der Waals surface area contributed by atoms with Gasteiger partial charge in [-0.2, -0.15) is 5.10 Å². The number of benzene rings is 2. The number of carboxylic acid groups (broad SMARTS) is 1. The standard InChI is InChI=1S/C19H13Cl2FN6O4S/c20-10-2-1-3-13(16(10)21)33(31,32)27-12-5-4-9(6-11(12)22)17-15-18(23)24-8-25-19(15)28(26-17)7-14(29)30/h1-6,8,27H,7H2,(H,29,30)(H2,23,24,25). The van der Waals surface area contributed by atoms with Crippen molar-refractivity contribution in [1.29, 1.82) is 0 Å². The predicted molar refractivity (Wildman–Crippen MR) is 120 cm³/mol. The molecule has 0 saturated heterocycles. The van der Waals surface area contributed by atoms with E-state index in [-0.39, 0.29) is 48.7 Å². The lowest BCUT2D eigenvalue weighted by atomic mass is 10.1. The fourth-order valence-corrected chi connectivity index (χ4v) is 4.94. The van der Waals surface area contributed by atoms with Crippen LogP contribution in [-0.4, -0.2) is 39.2 Å². The Morgan fingerprint density at radius 1 is 1.21 bits per heavy atom. The topological polar surface area (TPSA) is 153 Å². The highest BCUT2D eigenvalue weighted by molar-refractivity contribution is 7.92. The lowest BCUT2D eigenvalue weighted by Gasteiger charge is -2.11. The van der Waals surface area contributed by atoms with Crippen molar-refractivity contribution in [2.24, 2.45) is 0 Å². The molecule has 2 aromatic heterocycles. The van der Waals surface area contributed by atoms with Gasteiger partial charge < -0.3 is 10.8 Å². The number of carbonyl (C=O) groups is 1. The Morgan fingerprint density at radius 2 is 1.97 bits per heavy atom. The van der Waals surface area contributed by atoms with E-state index >= 15 is 0 Å². The number of nitrogens with two attached hydrogens (primary N) is 1. The van der Waals surface area contributed by atoms with Crippen molar-refractivity contribution < 1.29 is 22.7 Å². The third-order valence-electron chi connectivity index (χ3n) is 4.54. The molecule has 0 saturated carbocycles. The largest absolute Gasteiger partial charge is 0.480 e. The van der Waals surface area contributed by atoms with E-state index in [1.165, 1.54) is 30.3 Å². The molecule has 33 heavy (non-hydrogen) atoms. The summed E-state index contributed by atoms with van der Waals surface area (Å²) in [5.41, 5.74) is 6.06. The molecule has 2 aromatic carbocycles. The first-order valence-corrected chi connectivity index (χ1v) is 11.3. The van der Waals surface area contributed by atoms with E-state index in [4.69, 9.17) is 34.0 Å². The smallest absolute Gasteiger partial charge is 0.325 e. The number of nitrogen functional groups attached to an aromatic ring is 1. The van der Waals surface area contributed by atoms with Gasteiger partial charge in [-0.05, 0) is 24.3 Å². The summed E-state index contributed by atoms with van der Waals surface area (Å²) in [6.07, 6.45) is 1.15. The van der Waals surface area contributed by atoms with Crippen LogP contribution in [0, 0.1) is 5.82 Å². The summed E-state index contributed by atoms with van der Waals surface area (Å²) in [5.74, 6) is -2.07. The molecule has 10 nitrogen and oxygen atoms in total. The number of nitrogens with zero attached hydrogens (tertiary/aromatic N) is 4. The average Bonchev–Trinajstić information content (AvgIpc) is 3.10. The number of rotatable bonds is 6. The highest BCUT2D eigenvalue weighted by Crippen LogP contribution is 2.34. The zero-order valence-corrected chi connectivity index (χ0v) is 18.7. The van der Waals surface area contributed by atoms with E-state index in [2.05, 4.69) is 19.8 Å². The molecule has 170 valence electrons. The highest BCUT2D eigenvalue weighted by Gasteiger charge is 2.23. The molecule has 0 fully saturated rings. The second kappa shape index (κ2) is 8.46. The Bertz CT molecular complexity index is 1530. The van der Waals surface area contributed by atoms with Gasteiger partial charge in [0.15, 0.2) is 5.65 Å². The Morgan fingerprint density at radius 3 is 2.67 bits per heavy atom. The molecule has 0 spiro atoms. The number of fused-ring (bicyclic) bond motifs is 1. The minimum absolute atomic E-state index is 0.0208. The number of sulfonamides is 1. The van der Waals surface area contributed by atoms with Crippen LogP contribution in [0.1, 0.15) is 0 Å². The van der Waals surface area contributed by atoms with Gasteiger partial charge in [0.25, 0.3) is 10.0 Å². The Kier molecular flexibility index (Phi) is 5.82. The van der Waals surface area contributed by atoms with E-state index in [0.29, 0.717) is 0 Å². The minimum atomic E-state index is -4.25. The van der Waals surface area contributed by atoms with Gasteiger partial charge in [-0.3, -0.25) is 9.52 Å². The van der Waals surface area contributed by atoms with Gasteiger partial charge >= 0.3 is 5.97 Å². The van der Waals surface area contributed by atoms with Gasteiger partial charge in [0, 0.05) is 5.56 Å². The number of halogens is 3. The first-order chi connectivity index (χ1) is 15.6. The van der Waals surface area contributed by atoms with Crippen LogP contribution in [0.15, 0.2) is 47.6 Å². The number of hydrogen-bond acceptors (Lipinski definition) is 7. The number of aliphatic carboxylic acids is 1. The number of anilines is 2.